The van der Waals surface area contributed by atoms with Crippen LogP contribution in [-0.4, -0.2) is 35.0 Å². The molecule has 1 aromatic heterocycles. The zero-order valence-electron chi connectivity index (χ0n) is 13.0. The molecule has 1 aliphatic rings. The van der Waals surface area contributed by atoms with E-state index in [1.54, 1.807) is 4.90 Å². The fourth-order valence-corrected chi connectivity index (χ4v) is 3.21. The van der Waals surface area contributed by atoms with Gasteiger partial charge in [0.1, 0.15) is 6.26 Å². The van der Waals surface area contributed by atoms with Crippen molar-refractivity contribution in [3.63, 3.8) is 0 Å². The number of furan rings is 1. The summed E-state index contributed by atoms with van der Waals surface area (Å²) in [5.41, 5.74) is 1.11. The third-order valence-electron chi connectivity index (χ3n) is 4.51. The van der Waals surface area contributed by atoms with Crippen LogP contribution >= 0.6 is 0 Å². The molecule has 2 heterocycles. The number of hydrogen-bond acceptors (Lipinski definition) is 3. The van der Waals surface area contributed by atoms with E-state index in [0.29, 0.717) is 13.1 Å². The molecule has 2 aromatic rings. The number of amides is 1. The van der Waals surface area contributed by atoms with Crippen LogP contribution in [0.25, 0.3) is 0 Å². The SMILES string of the molecule is CC1(c2ccccc2)CCCN(C(=O)c2cc(C(=O)O)co2)C1. The lowest BCUT2D eigenvalue weighted by Crippen LogP contribution is -2.47. The van der Waals surface area contributed by atoms with Crippen LogP contribution in [0.5, 0.6) is 0 Å². The molecular weight excluding hydrogens is 294 g/mol. The standard InChI is InChI=1S/C18H19NO4/c1-18(14-6-3-2-4-7-14)8-5-9-19(12-18)16(20)15-10-13(11-23-15)17(21)22/h2-4,6-7,10-11H,5,8-9,12H2,1H3,(H,21,22). The minimum absolute atomic E-state index is 0.00354. The first-order valence-electron chi connectivity index (χ1n) is 7.66. The van der Waals surface area contributed by atoms with E-state index in [1.165, 1.54) is 11.6 Å². The van der Waals surface area contributed by atoms with Crippen LogP contribution in [0.3, 0.4) is 0 Å². The lowest BCUT2D eigenvalue weighted by Gasteiger charge is -2.40. The molecule has 1 aromatic carbocycles. The third-order valence-corrected chi connectivity index (χ3v) is 4.51. The van der Waals surface area contributed by atoms with Gasteiger partial charge in [-0.3, -0.25) is 4.79 Å². The van der Waals surface area contributed by atoms with E-state index in [-0.39, 0.29) is 22.6 Å². The molecule has 0 spiro atoms. The molecule has 23 heavy (non-hydrogen) atoms. The number of likely N-dealkylation sites (tertiary alicyclic amines) is 1. The lowest BCUT2D eigenvalue weighted by atomic mass is 9.76. The largest absolute Gasteiger partial charge is 0.478 e. The minimum atomic E-state index is -1.10. The topological polar surface area (TPSA) is 70.8 Å². The number of carboxylic acid groups (broad SMARTS) is 1. The molecule has 0 saturated carbocycles. The first kappa shape index (κ1) is 15.3. The van der Waals surface area contributed by atoms with Crippen molar-refractivity contribution in [2.75, 3.05) is 13.1 Å². The van der Waals surface area contributed by atoms with Crippen molar-refractivity contribution >= 4 is 11.9 Å². The van der Waals surface area contributed by atoms with E-state index in [0.717, 1.165) is 19.1 Å². The van der Waals surface area contributed by atoms with E-state index in [4.69, 9.17) is 9.52 Å². The average Bonchev–Trinajstić information content (AvgIpc) is 3.05. The minimum Gasteiger partial charge on any atom is -0.478 e. The van der Waals surface area contributed by atoms with Crippen LogP contribution in [0.15, 0.2) is 47.1 Å². The summed E-state index contributed by atoms with van der Waals surface area (Å²) >= 11 is 0. The summed E-state index contributed by atoms with van der Waals surface area (Å²) in [6.45, 7) is 3.41. The molecule has 5 heteroatoms. The number of nitrogens with zero attached hydrogens (tertiary/aromatic N) is 1. The Balaban J connectivity index is 1.80. The molecule has 1 atom stereocenters. The summed E-state index contributed by atoms with van der Waals surface area (Å²) in [6.07, 6.45) is 3.03. The summed E-state index contributed by atoms with van der Waals surface area (Å²) in [7, 11) is 0. The summed E-state index contributed by atoms with van der Waals surface area (Å²) < 4.78 is 5.14. The van der Waals surface area contributed by atoms with Crippen LogP contribution < -0.4 is 0 Å². The van der Waals surface area contributed by atoms with Gasteiger partial charge in [0, 0.05) is 24.6 Å². The van der Waals surface area contributed by atoms with Crippen LogP contribution in [0.2, 0.25) is 0 Å². The van der Waals surface area contributed by atoms with Crippen molar-refractivity contribution < 1.29 is 19.1 Å². The second-order valence-corrected chi connectivity index (χ2v) is 6.26. The molecule has 1 saturated heterocycles. The molecule has 0 radical (unpaired) electrons. The first-order chi connectivity index (χ1) is 11.0. The van der Waals surface area contributed by atoms with E-state index in [1.807, 2.05) is 18.2 Å². The first-order valence-corrected chi connectivity index (χ1v) is 7.66. The fraction of sp³-hybridized carbons (Fsp3) is 0.333. The lowest BCUT2D eigenvalue weighted by molar-refractivity contribution is 0.0618. The normalized spacial score (nSPS) is 21.2. The van der Waals surface area contributed by atoms with Gasteiger partial charge in [-0.05, 0) is 18.4 Å². The van der Waals surface area contributed by atoms with Crippen LogP contribution in [0.1, 0.15) is 46.2 Å². The predicted molar refractivity (Wildman–Crippen MR) is 84.6 cm³/mol. The zero-order valence-corrected chi connectivity index (χ0v) is 13.0. The molecule has 1 unspecified atom stereocenters. The number of carbonyl (C=O) groups excluding carboxylic acids is 1. The highest BCUT2D eigenvalue weighted by Crippen LogP contribution is 2.34. The summed E-state index contributed by atoms with van der Waals surface area (Å²) in [5.74, 6) is -1.26. The number of carbonyl (C=O) groups is 2. The number of piperidine rings is 1. The summed E-state index contributed by atoms with van der Waals surface area (Å²) in [6, 6.07) is 11.5. The highest BCUT2D eigenvalue weighted by atomic mass is 16.4. The van der Waals surface area contributed by atoms with Gasteiger partial charge < -0.3 is 14.4 Å². The maximum Gasteiger partial charge on any atom is 0.338 e. The fourth-order valence-electron chi connectivity index (χ4n) is 3.21. The Kier molecular flexibility index (Phi) is 3.94. The van der Waals surface area contributed by atoms with E-state index in [2.05, 4.69) is 19.1 Å². The maximum atomic E-state index is 12.6. The Hall–Kier alpha value is -2.56. The van der Waals surface area contributed by atoms with Crippen molar-refractivity contribution in [1.29, 1.82) is 0 Å². The van der Waals surface area contributed by atoms with Gasteiger partial charge in [0.25, 0.3) is 5.91 Å². The van der Waals surface area contributed by atoms with Gasteiger partial charge >= 0.3 is 5.97 Å². The molecule has 1 N–H and O–H groups in total. The van der Waals surface area contributed by atoms with Gasteiger partial charge in [-0.2, -0.15) is 0 Å². The Morgan fingerprint density at radius 1 is 1.26 bits per heavy atom. The number of hydrogen-bond donors (Lipinski definition) is 1. The molecule has 5 nitrogen and oxygen atoms in total. The summed E-state index contributed by atoms with van der Waals surface area (Å²) in [5, 5.41) is 8.94. The molecular formula is C18H19NO4. The predicted octanol–water partition coefficient (Wildman–Crippen LogP) is 3.17. The molecule has 1 aliphatic heterocycles. The van der Waals surface area contributed by atoms with Crippen molar-refractivity contribution in [2.45, 2.75) is 25.2 Å². The maximum absolute atomic E-state index is 12.6. The van der Waals surface area contributed by atoms with Crippen LogP contribution in [0.4, 0.5) is 0 Å². The molecule has 0 aliphatic carbocycles. The van der Waals surface area contributed by atoms with Crippen molar-refractivity contribution in [1.82, 2.24) is 4.90 Å². The second kappa shape index (κ2) is 5.91. The Morgan fingerprint density at radius 3 is 2.65 bits per heavy atom. The van der Waals surface area contributed by atoms with E-state index in [9.17, 15) is 9.59 Å². The summed E-state index contributed by atoms with van der Waals surface area (Å²) in [4.78, 5) is 25.3. The van der Waals surface area contributed by atoms with Gasteiger partial charge in [0.05, 0.1) is 5.56 Å². The van der Waals surface area contributed by atoms with Gasteiger partial charge in [0.15, 0.2) is 5.76 Å². The monoisotopic (exact) mass is 313 g/mol. The number of carboxylic acids is 1. The number of benzene rings is 1. The number of rotatable bonds is 3. The smallest absolute Gasteiger partial charge is 0.338 e. The third kappa shape index (κ3) is 2.99. The van der Waals surface area contributed by atoms with Gasteiger partial charge in [-0.25, -0.2) is 4.79 Å². The van der Waals surface area contributed by atoms with Crippen molar-refractivity contribution in [2.24, 2.45) is 0 Å². The van der Waals surface area contributed by atoms with Gasteiger partial charge in [0.2, 0.25) is 0 Å². The molecule has 1 fully saturated rings. The van der Waals surface area contributed by atoms with Crippen molar-refractivity contribution in [3.8, 4) is 0 Å². The van der Waals surface area contributed by atoms with E-state index < -0.39 is 5.97 Å². The highest BCUT2D eigenvalue weighted by Gasteiger charge is 2.35. The zero-order chi connectivity index (χ0) is 16.4. The molecule has 3 rings (SSSR count). The molecule has 120 valence electrons. The highest BCUT2D eigenvalue weighted by molar-refractivity contribution is 5.95. The van der Waals surface area contributed by atoms with Gasteiger partial charge in [-0.15, -0.1) is 0 Å². The van der Waals surface area contributed by atoms with Crippen LogP contribution in [0, 0.1) is 0 Å². The molecule has 1 amide bonds. The Bertz CT molecular complexity index is 722. The van der Waals surface area contributed by atoms with Crippen molar-refractivity contribution in [3.05, 3.63) is 59.5 Å². The second-order valence-electron chi connectivity index (χ2n) is 6.26. The quantitative estimate of drug-likeness (QED) is 0.945. The Morgan fingerprint density at radius 2 is 2.00 bits per heavy atom. The Labute approximate surface area is 134 Å². The van der Waals surface area contributed by atoms with Gasteiger partial charge in [-0.1, -0.05) is 37.3 Å². The van der Waals surface area contributed by atoms with E-state index >= 15 is 0 Å². The molecule has 0 bridgehead atoms. The number of aromatic carboxylic acids is 1. The average molecular weight is 313 g/mol. The van der Waals surface area contributed by atoms with Crippen LogP contribution in [-0.2, 0) is 5.41 Å².